The molecule has 7 heteroatoms. The quantitative estimate of drug-likeness (QED) is 0.937. The van der Waals surface area contributed by atoms with Gasteiger partial charge in [0.2, 0.25) is 0 Å². The molecule has 1 atom stereocenters. The third kappa shape index (κ3) is 3.10. The first-order valence-electron chi connectivity index (χ1n) is 5.92. The Morgan fingerprint density at radius 2 is 2.00 bits per heavy atom. The molecule has 4 nitrogen and oxygen atoms in total. The van der Waals surface area contributed by atoms with Crippen molar-refractivity contribution in [2.75, 3.05) is 0 Å². The Balaban J connectivity index is 2.24. The van der Waals surface area contributed by atoms with E-state index in [0.29, 0.717) is 4.88 Å². The predicted octanol–water partition coefficient (Wildman–Crippen LogP) is 3.34. The van der Waals surface area contributed by atoms with Crippen LogP contribution in [0.2, 0.25) is 0 Å². The van der Waals surface area contributed by atoms with Crippen molar-refractivity contribution in [2.24, 2.45) is 0 Å². The Morgan fingerprint density at radius 3 is 2.50 bits per heavy atom. The summed E-state index contributed by atoms with van der Waals surface area (Å²) in [5, 5.41) is 8.76. The van der Waals surface area contributed by atoms with E-state index in [9.17, 15) is 8.42 Å². The van der Waals surface area contributed by atoms with Gasteiger partial charge in [0, 0.05) is 15.8 Å². The summed E-state index contributed by atoms with van der Waals surface area (Å²) in [7, 11) is -3.58. The molecule has 0 aromatic carbocycles. The van der Waals surface area contributed by atoms with Gasteiger partial charge in [0.15, 0.2) is 0 Å². The van der Waals surface area contributed by atoms with Crippen LogP contribution in [0.3, 0.4) is 0 Å². The molecule has 0 aliphatic heterocycles. The maximum absolute atomic E-state index is 12.3. The van der Waals surface area contributed by atoms with E-state index in [2.05, 4.69) is 4.72 Å². The number of hydrogen-bond donors (Lipinski definition) is 1. The molecular formula is C13H14N2O2S3. The van der Waals surface area contributed by atoms with E-state index in [4.69, 9.17) is 5.26 Å². The lowest BCUT2D eigenvalue weighted by Gasteiger charge is -2.13. The molecule has 0 saturated heterocycles. The summed E-state index contributed by atoms with van der Waals surface area (Å²) in [6.07, 6.45) is 0. The van der Waals surface area contributed by atoms with E-state index in [0.717, 1.165) is 26.7 Å². The number of nitrogens with zero attached hydrogens (tertiary/aromatic N) is 1. The fourth-order valence-corrected chi connectivity index (χ4v) is 5.32. The van der Waals surface area contributed by atoms with Gasteiger partial charge in [-0.15, -0.1) is 22.7 Å². The molecule has 0 aliphatic carbocycles. The second-order valence-corrected chi connectivity index (χ2v) is 8.93. The smallest absolute Gasteiger partial charge is 0.206 e. The Morgan fingerprint density at radius 1 is 1.30 bits per heavy atom. The Labute approximate surface area is 126 Å². The maximum atomic E-state index is 12.3. The third-order valence-electron chi connectivity index (χ3n) is 2.83. The van der Waals surface area contributed by atoms with Gasteiger partial charge >= 0.3 is 0 Å². The minimum absolute atomic E-state index is 0.172. The zero-order valence-corrected chi connectivity index (χ0v) is 13.7. The highest BCUT2D eigenvalue weighted by Crippen LogP contribution is 2.28. The van der Waals surface area contributed by atoms with Crippen LogP contribution in [-0.2, 0) is 10.0 Å². The summed E-state index contributed by atoms with van der Waals surface area (Å²) in [4.78, 5) is 2.66. The van der Waals surface area contributed by atoms with E-state index >= 15 is 0 Å². The SMILES string of the molecule is Cc1cc(C(C)NS(=O)(=O)c2ccc(C#N)s2)c(C)s1. The standard InChI is InChI=1S/C13H14N2O2S3/c1-8-6-12(10(3)18-8)9(2)15-20(16,17)13-5-4-11(7-14)19-13/h4-6,9,15H,1-3H3. The van der Waals surface area contributed by atoms with Crippen LogP contribution in [-0.4, -0.2) is 8.42 Å². The van der Waals surface area contributed by atoms with Crippen LogP contribution < -0.4 is 4.72 Å². The van der Waals surface area contributed by atoms with Crippen molar-refractivity contribution in [2.45, 2.75) is 31.0 Å². The zero-order chi connectivity index (χ0) is 14.9. The first-order chi connectivity index (χ1) is 9.33. The van der Waals surface area contributed by atoms with Crippen LogP contribution in [0.1, 0.15) is 33.2 Å². The first-order valence-corrected chi connectivity index (χ1v) is 9.04. The first kappa shape index (κ1) is 15.2. The summed E-state index contributed by atoms with van der Waals surface area (Å²) in [5.41, 5.74) is 0.994. The average molecular weight is 326 g/mol. The molecule has 2 heterocycles. The average Bonchev–Trinajstić information content (AvgIpc) is 2.95. The second kappa shape index (κ2) is 5.66. The number of nitrogens with one attached hydrogen (secondary N) is 1. The minimum Gasteiger partial charge on any atom is -0.206 e. The van der Waals surface area contributed by atoms with Crippen molar-refractivity contribution < 1.29 is 8.42 Å². The van der Waals surface area contributed by atoms with E-state index in [1.807, 2.05) is 32.9 Å². The highest BCUT2D eigenvalue weighted by Gasteiger charge is 2.22. The van der Waals surface area contributed by atoms with E-state index in [1.54, 1.807) is 11.3 Å². The molecular weight excluding hydrogens is 312 g/mol. The molecule has 2 aromatic heterocycles. The fourth-order valence-electron chi connectivity index (χ4n) is 1.96. The molecule has 2 rings (SSSR count). The molecule has 0 bridgehead atoms. The predicted molar refractivity (Wildman–Crippen MR) is 81.6 cm³/mol. The minimum atomic E-state index is -3.58. The summed E-state index contributed by atoms with van der Waals surface area (Å²) in [6, 6.07) is 6.63. The number of nitriles is 1. The number of rotatable bonds is 4. The number of aryl methyl sites for hydroxylation is 2. The Bertz CT molecular complexity index is 766. The zero-order valence-electron chi connectivity index (χ0n) is 11.3. The molecule has 0 aliphatic rings. The van der Waals surface area contributed by atoms with E-state index in [1.165, 1.54) is 12.1 Å². The normalized spacial score (nSPS) is 13.1. The van der Waals surface area contributed by atoms with Gasteiger partial charge < -0.3 is 0 Å². The molecule has 0 fully saturated rings. The van der Waals surface area contributed by atoms with Crippen LogP contribution in [0.15, 0.2) is 22.4 Å². The topological polar surface area (TPSA) is 70.0 Å². The molecule has 20 heavy (non-hydrogen) atoms. The van der Waals surface area contributed by atoms with Gasteiger partial charge in [-0.05, 0) is 44.5 Å². The Hall–Kier alpha value is -1.20. The number of sulfonamides is 1. The molecule has 106 valence electrons. The van der Waals surface area contributed by atoms with Crippen molar-refractivity contribution in [3.8, 4) is 6.07 Å². The lowest BCUT2D eigenvalue weighted by molar-refractivity contribution is 0.569. The van der Waals surface area contributed by atoms with Gasteiger partial charge in [0.05, 0.1) is 0 Å². The van der Waals surface area contributed by atoms with Crippen molar-refractivity contribution in [3.63, 3.8) is 0 Å². The number of thiophene rings is 2. The van der Waals surface area contributed by atoms with Crippen molar-refractivity contribution >= 4 is 32.7 Å². The highest BCUT2D eigenvalue weighted by atomic mass is 32.2. The van der Waals surface area contributed by atoms with Crippen molar-refractivity contribution in [1.82, 2.24) is 4.72 Å². The van der Waals surface area contributed by atoms with Gasteiger partial charge in [0.25, 0.3) is 10.0 Å². The summed E-state index contributed by atoms with van der Waals surface area (Å²) in [5.74, 6) is 0. The van der Waals surface area contributed by atoms with E-state index in [-0.39, 0.29) is 10.3 Å². The van der Waals surface area contributed by atoms with Crippen LogP contribution in [0.25, 0.3) is 0 Å². The lowest BCUT2D eigenvalue weighted by atomic mass is 10.1. The lowest BCUT2D eigenvalue weighted by Crippen LogP contribution is -2.26. The van der Waals surface area contributed by atoms with E-state index < -0.39 is 10.0 Å². The maximum Gasteiger partial charge on any atom is 0.250 e. The number of hydrogen-bond acceptors (Lipinski definition) is 5. The van der Waals surface area contributed by atoms with Crippen LogP contribution in [0.4, 0.5) is 0 Å². The molecule has 0 saturated carbocycles. The van der Waals surface area contributed by atoms with Crippen molar-refractivity contribution in [3.05, 3.63) is 38.4 Å². The third-order valence-corrected chi connectivity index (χ3v) is 6.84. The summed E-state index contributed by atoms with van der Waals surface area (Å²) >= 11 is 2.63. The molecule has 0 radical (unpaired) electrons. The molecule has 2 aromatic rings. The monoisotopic (exact) mass is 326 g/mol. The molecule has 1 unspecified atom stereocenters. The van der Waals surface area contributed by atoms with Gasteiger partial charge in [0.1, 0.15) is 15.2 Å². The fraction of sp³-hybridized carbons (Fsp3) is 0.308. The Kier molecular flexibility index (Phi) is 4.30. The molecule has 0 spiro atoms. The largest absolute Gasteiger partial charge is 0.250 e. The van der Waals surface area contributed by atoms with Gasteiger partial charge in [-0.25, -0.2) is 13.1 Å². The highest BCUT2D eigenvalue weighted by molar-refractivity contribution is 7.91. The molecule has 0 amide bonds. The van der Waals surface area contributed by atoms with Crippen LogP contribution in [0, 0.1) is 25.2 Å². The van der Waals surface area contributed by atoms with Crippen molar-refractivity contribution in [1.29, 1.82) is 5.26 Å². The summed E-state index contributed by atoms with van der Waals surface area (Å²) in [6.45, 7) is 5.81. The van der Waals surface area contributed by atoms with Crippen LogP contribution in [0.5, 0.6) is 0 Å². The van der Waals surface area contributed by atoms with Gasteiger partial charge in [-0.3, -0.25) is 0 Å². The molecule has 1 N–H and O–H groups in total. The van der Waals surface area contributed by atoms with Crippen LogP contribution >= 0.6 is 22.7 Å². The van der Waals surface area contributed by atoms with Gasteiger partial charge in [-0.1, -0.05) is 0 Å². The second-order valence-electron chi connectivity index (χ2n) is 4.44. The van der Waals surface area contributed by atoms with Gasteiger partial charge in [-0.2, -0.15) is 5.26 Å². The summed E-state index contributed by atoms with van der Waals surface area (Å²) < 4.78 is 27.3.